The van der Waals surface area contributed by atoms with E-state index in [-0.39, 0.29) is 18.1 Å². The minimum Gasteiger partial charge on any atom is -0.496 e. The molecule has 0 aliphatic carbocycles. The molecule has 4 rings (SSSR count). The molecule has 0 radical (unpaired) electrons. The maximum absolute atomic E-state index is 15.4. The predicted molar refractivity (Wildman–Crippen MR) is 213 cm³/mol. The van der Waals surface area contributed by atoms with Gasteiger partial charge in [-0.3, -0.25) is 10.1 Å². The monoisotopic (exact) mass is 794 g/mol. The Hall–Kier alpha value is -5.80. The highest BCUT2D eigenvalue weighted by Crippen LogP contribution is 2.33. The third-order valence-electron chi connectivity index (χ3n) is 8.13. The molecule has 16 heteroatoms. The predicted octanol–water partition coefficient (Wildman–Crippen LogP) is 8.18. The van der Waals surface area contributed by atoms with Gasteiger partial charge in [-0.25, -0.2) is 23.2 Å². The quantitative estimate of drug-likeness (QED) is 0.166. The molecule has 2 aliphatic rings. The van der Waals surface area contributed by atoms with Gasteiger partial charge in [0.2, 0.25) is 5.96 Å². The van der Waals surface area contributed by atoms with E-state index in [4.69, 9.17) is 18.9 Å². The second kappa shape index (κ2) is 18.0. The summed E-state index contributed by atoms with van der Waals surface area (Å²) in [4.78, 5) is 61.5. The van der Waals surface area contributed by atoms with Crippen LogP contribution in [0.5, 0.6) is 5.75 Å². The van der Waals surface area contributed by atoms with Gasteiger partial charge in [-0.2, -0.15) is 4.99 Å². The van der Waals surface area contributed by atoms with Crippen molar-refractivity contribution in [2.45, 2.75) is 92.0 Å². The molecule has 14 nitrogen and oxygen atoms in total. The molecule has 4 amide bonds. The molecular weight excluding hydrogens is 742 g/mol. The van der Waals surface area contributed by atoms with Crippen molar-refractivity contribution in [2.24, 2.45) is 9.98 Å². The Kier molecular flexibility index (Phi) is 13.9. The van der Waals surface area contributed by atoms with Crippen molar-refractivity contribution in [3.05, 3.63) is 70.8 Å². The molecule has 0 aromatic heterocycles. The Morgan fingerprint density at radius 2 is 1.37 bits per heavy atom. The number of carbonyl (C=O) groups excluding carboxylic acids is 4. The van der Waals surface area contributed by atoms with Crippen molar-refractivity contribution >= 4 is 53.3 Å². The Labute approximate surface area is 332 Å². The zero-order valence-corrected chi connectivity index (χ0v) is 34.2. The molecule has 2 N–H and O–H groups in total. The lowest BCUT2D eigenvalue weighted by Gasteiger charge is -2.30. The van der Waals surface area contributed by atoms with E-state index < -0.39 is 58.2 Å². The van der Waals surface area contributed by atoms with E-state index in [2.05, 4.69) is 20.6 Å². The highest BCUT2D eigenvalue weighted by molar-refractivity contribution is 6.05. The number of ether oxygens (including phenoxy) is 4. The number of hydrogen-bond donors (Lipinski definition) is 2. The second-order valence-electron chi connectivity index (χ2n) is 16.3. The first-order chi connectivity index (χ1) is 26.5. The van der Waals surface area contributed by atoms with E-state index in [0.29, 0.717) is 49.5 Å². The molecule has 2 aliphatic heterocycles. The molecule has 308 valence electrons. The number of amides is 4. The van der Waals surface area contributed by atoms with Gasteiger partial charge in [-0.15, -0.1) is 4.99 Å². The number of halogens is 2. The van der Waals surface area contributed by atoms with Crippen LogP contribution < -0.4 is 15.4 Å². The van der Waals surface area contributed by atoms with Crippen LogP contribution in [0.3, 0.4) is 0 Å². The van der Waals surface area contributed by atoms with Crippen LogP contribution >= 0.6 is 0 Å². The van der Waals surface area contributed by atoms with Gasteiger partial charge in [0.15, 0.2) is 0 Å². The zero-order chi connectivity index (χ0) is 42.3. The highest BCUT2D eigenvalue weighted by atomic mass is 19.1. The summed E-state index contributed by atoms with van der Waals surface area (Å²) in [6, 6.07) is 6.82. The van der Waals surface area contributed by atoms with Gasteiger partial charge >= 0.3 is 18.3 Å². The number of nitrogens with one attached hydrogen (secondary N) is 2. The van der Waals surface area contributed by atoms with E-state index >= 15 is 8.78 Å². The third kappa shape index (κ3) is 13.4. The Morgan fingerprint density at radius 1 is 0.754 bits per heavy atom. The zero-order valence-electron chi connectivity index (χ0n) is 34.2. The second-order valence-corrected chi connectivity index (χ2v) is 16.3. The number of anilines is 1. The summed E-state index contributed by atoms with van der Waals surface area (Å²) in [7, 11) is 1.47. The van der Waals surface area contributed by atoms with Crippen LogP contribution in [0, 0.1) is 11.6 Å². The van der Waals surface area contributed by atoms with Crippen LogP contribution in [0.2, 0.25) is 0 Å². The van der Waals surface area contributed by atoms with Gasteiger partial charge in [-0.05, 0) is 111 Å². The molecule has 2 aromatic rings. The minimum absolute atomic E-state index is 0.0280. The first-order valence-electron chi connectivity index (χ1n) is 18.5. The average molecular weight is 795 g/mol. The van der Waals surface area contributed by atoms with Crippen LogP contribution in [0.15, 0.2) is 52.5 Å². The number of hydrogen-bond acceptors (Lipinski definition) is 8. The molecule has 0 unspecified atom stereocenters. The fourth-order valence-corrected chi connectivity index (χ4v) is 5.70. The lowest BCUT2D eigenvalue weighted by Crippen LogP contribution is -2.48. The topological polar surface area (TPSA) is 160 Å². The van der Waals surface area contributed by atoms with E-state index in [1.54, 1.807) is 96.4 Å². The number of aliphatic imine (C=N–C) groups is 2. The van der Waals surface area contributed by atoms with E-state index in [1.165, 1.54) is 13.4 Å². The smallest absolute Gasteiger partial charge is 0.437 e. The fraction of sp³-hybridized carbons (Fsp3) is 0.463. The summed E-state index contributed by atoms with van der Waals surface area (Å²) in [5, 5.41) is 5.19. The van der Waals surface area contributed by atoms with Gasteiger partial charge in [0.25, 0.3) is 5.91 Å². The molecular formula is C41H52F2N6O8. The summed E-state index contributed by atoms with van der Waals surface area (Å²) < 4.78 is 52.2. The normalized spacial score (nSPS) is 15.4. The van der Waals surface area contributed by atoms with Gasteiger partial charge in [-0.1, -0.05) is 12.2 Å². The van der Waals surface area contributed by atoms with E-state index in [9.17, 15) is 19.2 Å². The summed E-state index contributed by atoms with van der Waals surface area (Å²) >= 11 is 0. The number of nitrogens with zero attached hydrogens (tertiary/aromatic N) is 4. The average Bonchev–Trinajstić information content (AvgIpc) is 3.09. The Bertz CT molecular complexity index is 1990. The van der Waals surface area contributed by atoms with E-state index in [0.717, 1.165) is 23.3 Å². The lowest BCUT2D eigenvalue weighted by atomic mass is 9.97. The number of guanidine groups is 1. The maximum Gasteiger partial charge on any atom is 0.437 e. The summed E-state index contributed by atoms with van der Waals surface area (Å²) in [5.74, 6) is -2.11. The van der Waals surface area contributed by atoms with Crippen molar-refractivity contribution in [3.8, 4) is 5.75 Å². The number of benzene rings is 2. The number of rotatable bonds is 6. The molecule has 0 fully saturated rings. The SMILES string of the molecule is COc1cc(NC(=O)c2cc(F)c(C3=CCN(C=NC(=O)OC(C)(C)C)CC3)cc2F)ccc1C1=CCN(C(=NC(=O)OC(C)(C)C)NC(=O)OC(C)(C)C)CC1. The first kappa shape index (κ1) is 43.9. The van der Waals surface area contributed by atoms with Crippen molar-refractivity contribution in [1.82, 2.24) is 15.1 Å². The van der Waals surface area contributed by atoms with Gasteiger partial charge < -0.3 is 34.1 Å². The minimum atomic E-state index is -0.894. The Morgan fingerprint density at radius 3 is 1.95 bits per heavy atom. The fourth-order valence-electron chi connectivity index (χ4n) is 5.70. The summed E-state index contributed by atoms with van der Waals surface area (Å²) in [5.41, 5.74) is -0.232. The molecule has 2 heterocycles. The molecule has 0 saturated carbocycles. The molecule has 0 atom stereocenters. The van der Waals surface area contributed by atoms with Gasteiger partial charge in [0.05, 0.1) is 19.0 Å². The standard InChI is InChI=1S/C41H52F2N6O8/c1-39(2,3)55-36(51)44-24-48-17-13-26(14-18-48)29-22-32(43)30(23-31(29)42)34(50)45-27-11-12-28(33(21-27)54-10)25-15-19-49(20-16-25)35(46-37(52)56-40(4,5)6)47-38(53)57-41(7,8)9/h11-13,15,21-24H,14,16-20H2,1-10H3,(H,45,50)(H,46,47,52,53). The van der Waals surface area contributed by atoms with Gasteiger partial charge in [0.1, 0.15) is 34.2 Å². The van der Waals surface area contributed by atoms with Crippen LogP contribution in [0.1, 0.15) is 96.6 Å². The largest absolute Gasteiger partial charge is 0.496 e. The van der Waals surface area contributed by atoms with Crippen molar-refractivity contribution in [1.29, 1.82) is 0 Å². The van der Waals surface area contributed by atoms with Crippen LogP contribution in [-0.2, 0) is 14.2 Å². The molecule has 57 heavy (non-hydrogen) atoms. The van der Waals surface area contributed by atoms with Crippen molar-refractivity contribution in [2.75, 3.05) is 38.6 Å². The van der Waals surface area contributed by atoms with Crippen LogP contribution in [-0.4, -0.2) is 96.4 Å². The summed E-state index contributed by atoms with van der Waals surface area (Å²) in [6.07, 6.45) is 3.39. The number of alkyl carbamates (subject to hydrolysis) is 1. The molecule has 0 bridgehead atoms. The highest BCUT2D eigenvalue weighted by Gasteiger charge is 2.26. The third-order valence-corrected chi connectivity index (χ3v) is 8.13. The first-order valence-corrected chi connectivity index (χ1v) is 18.5. The Balaban J connectivity index is 1.44. The maximum atomic E-state index is 15.4. The van der Waals surface area contributed by atoms with Crippen LogP contribution in [0.25, 0.3) is 11.1 Å². The van der Waals surface area contributed by atoms with Crippen LogP contribution in [0.4, 0.5) is 28.9 Å². The number of carbonyl (C=O) groups is 4. The number of methoxy groups -OCH3 is 1. The van der Waals surface area contributed by atoms with E-state index in [1.807, 2.05) is 6.08 Å². The van der Waals surface area contributed by atoms with Crippen molar-refractivity contribution in [3.63, 3.8) is 0 Å². The molecule has 0 saturated heterocycles. The summed E-state index contributed by atoms with van der Waals surface area (Å²) in [6.45, 7) is 16.8. The van der Waals surface area contributed by atoms with Gasteiger partial charge in [0, 0.05) is 49.1 Å². The van der Waals surface area contributed by atoms with Crippen molar-refractivity contribution < 1.29 is 46.9 Å². The molecule has 2 aromatic carbocycles. The molecule has 0 spiro atoms. The lowest BCUT2D eigenvalue weighted by molar-refractivity contribution is 0.0551.